The lowest BCUT2D eigenvalue weighted by Gasteiger charge is -2.13. The fourth-order valence-electron chi connectivity index (χ4n) is 1.93. The molecule has 0 aromatic heterocycles. The number of ether oxygens (including phenoxy) is 1. The fourth-order valence-corrected chi connectivity index (χ4v) is 2.10. The van der Waals surface area contributed by atoms with Gasteiger partial charge in [0.2, 0.25) is 0 Å². The first-order valence-corrected chi connectivity index (χ1v) is 7.81. The molecule has 1 amide bonds. The zero-order chi connectivity index (χ0) is 20.4. The number of carbonyl (C=O) groups is 2. The normalized spacial score (nSPS) is 12.4. The van der Waals surface area contributed by atoms with E-state index >= 15 is 0 Å². The van der Waals surface area contributed by atoms with Crippen LogP contribution in [0.15, 0.2) is 36.4 Å². The topological polar surface area (TPSA) is 81.4 Å². The van der Waals surface area contributed by atoms with E-state index in [0.717, 1.165) is 36.4 Å². The molecule has 5 nitrogen and oxygen atoms in total. The van der Waals surface area contributed by atoms with Gasteiger partial charge in [0.1, 0.15) is 17.6 Å². The van der Waals surface area contributed by atoms with Crippen molar-refractivity contribution in [1.82, 2.24) is 0 Å². The molecule has 10 heteroatoms. The van der Waals surface area contributed by atoms with Crippen molar-refractivity contribution in [2.75, 3.05) is 5.32 Å². The average molecular weight is 405 g/mol. The van der Waals surface area contributed by atoms with Gasteiger partial charge in [-0.05, 0) is 37.3 Å². The number of rotatable bonds is 4. The lowest BCUT2D eigenvalue weighted by molar-refractivity contribution is -0.137. The van der Waals surface area contributed by atoms with Crippen molar-refractivity contribution in [1.29, 1.82) is 0 Å². The summed E-state index contributed by atoms with van der Waals surface area (Å²) in [4.78, 5) is 24.0. The van der Waals surface area contributed by atoms with E-state index in [2.05, 4.69) is 5.32 Å². The molecule has 0 bridgehead atoms. The van der Waals surface area contributed by atoms with Gasteiger partial charge in [-0.15, -0.1) is 0 Å². The summed E-state index contributed by atoms with van der Waals surface area (Å²) in [7, 11) is 0. The third-order valence-corrected chi connectivity index (χ3v) is 3.61. The SMILES string of the molecule is C[C@H](N)C(=O)Oc1cc(F)c(Cl)cc1C(=O)Nc1ccc(C(F)(F)F)cc1. The van der Waals surface area contributed by atoms with E-state index in [-0.39, 0.29) is 11.3 Å². The molecule has 0 spiro atoms. The second-order valence-electron chi connectivity index (χ2n) is 5.50. The summed E-state index contributed by atoms with van der Waals surface area (Å²) in [5.74, 6) is -3.15. The molecule has 0 unspecified atom stereocenters. The third kappa shape index (κ3) is 5.18. The van der Waals surface area contributed by atoms with Gasteiger partial charge in [-0.2, -0.15) is 13.2 Å². The van der Waals surface area contributed by atoms with Gasteiger partial charge >= 0.3 is 12.1 Å². The predicted molar refractivity (Wildman–Crippen MR) is 90.1 cm³/mol. The van der Waals surface area contributed by atoms with Crippen LogP contribution in [0.25, 0.3) is 0 Å². The molecule has 0 heterocycles. The van der Waals surface area contributed by atoms with Crippen LogP contribution in [0.5, 0.6) is 5.75 Å². The molecule has 2 aromatic carbocycles. The van der Waals surface area contributed by atoms with Crippen LogP contribution in [-0.4, -0.2) is 17.9 Å². The molecule has 1 atom stereocenters. The molecular weight excluding hydrogens is 392 g/mol. The highest BCUT2D eigenvalue weighted by Crippen LogP contribution is 2.31. The van der Waals surface area contributed by atoms with E-state index in [1.165, 1.54) is 6.92 Å². The molecule has 0 radical (unpaired) electrons. The fraction of sp³-hybridized carbons (Fsp3) is 0.176. The van der Waals surface area contributed by atoms with Crippen LogP contribution in [0, 0.1) is 5.82 Å². The first kappa shape index (κ1) is 20.7. The smallest absolute Gasteiger partial charge is 0.416 e. The Labute approximate surface area is 156 Å². The van der Waals surface area contributed by atoms with Gasteiger partial charge in [0.25, 0.3) is 5.91 Å². The van der Waals surface area contributed by atoms with Crippen molar-refractivity contribution in [2.45, 2.75) is 19.1 Å². The number of nitrogens with two attached hydrogens (primary N) is 1. The van der Waals surface area contributed by atoms with Crippen LogP contribution in [-0.2, 0) is 11.0 Å². The highest BCUT2D eigenvalue weighted by Gasteiger charge is 2.30. The minimum absolute atomic E-state index is 0.0397. The van der Waals surface area contributed by atoms with Gasteiger partial charge in [-0.3, -0.25) is 4.79 Å². The van der Waals surface area contributed by atoms with Crippen molar-refractivity contribution in [3.63, 3.8) is 0 Å². The number of benzene rings is 2. The molecule has 3 N–H and O–H groups in total. The Hall–Kier alpha value is -2.65. The first-order valence-electron chi connectivity index (χ1n) is 7.44. The number of amides is 1. The van der Waals surface area contributed by atoms with Crippen LogP contribution in [0.4, 0.5) is 23.2 Å². The van der Waals surface area contributed by atoms with E-state index in [1.54, 1.807) is 0 Å². The van der Waals surface area contributed by atoms with E-state index in [1.807, 2.05) is 0 Å². The summed E-state index contributed by atoms with van der Waals surface area (Å²) in [5.41, 5.74) is 4.22. The summed E-state index contributed by atoms with van der Waals surface area (Å²) in [6, 6.07) is 4.28. The third-order valence-electron chi connectivity index (χ3n) is 3.32. The minimum atomic E-state index is -4.52. The highest BCUT2D eigenvalue weighted by atomic mass is 35.5. The number of halogens is 5. The Morgan fingerprint density at radius 1 is 1.19 bits per heavy atom. The minimum Gasteiger partial charge on any atom is -0.424 e. The maximum absolute atomic E-state index is 13.7. The molecule has 144 valence electrons. The Kier molecular flexibility index (Phi) is 6.07. The van der Waals surface area contributed by atoms with Gasteiger partial charge in [-0.25, -0.2) is 9.18 Å². The van der Waals surface area contributed by atoms with E-state index in [9.17, 15) is 27.2 Å². The van der Waals surface area contributed by atoms with Gasteiger partial charge in [-0.1, -0.05) is 11.6 Å². The first-order chi connectivity index (χ1) is 12.5. The maximum Gasteiger partial charge on any atom is 0.416 e. The molecule has 0 fully saturated rings. The predicted octanol–water partition coefficient (Wildman–Crippen LogP) is 4.00. The number of carbonyl (C=O) groups excluding carboxylic acids is 2. The van der Waals surface area contributed by atoms with E-state index < -0.39 is 46.2 Å². The molecule has 27 heavy (non-hydrogen) atoms. The monoisotopic (exact) mass is 404 g/mol. The molecule has 0 saturated heterocycles. The molecule has 0 aliphatic carbocycles. The number of hydrogen-bond donors (Lipinski definition) is 2. The Bertz CT molecular complexity index is 868. The standard InChI is InChI=1S/C17H13ClF4N2O3/c1-8(23)16(26)27-14-7-13(19)12(18)6-11(14)15(25)24-10-4-2-9(3-5-10)17(20,21)22/h2-8H,23H2,1H3,(H,24,25)/t8-/m0/s1. The Balaban J connectivity index is 2.29. The van der Waals surface area contributed by atoms with Crippen molar-refractivity contribution in [2.24, 2.45) is 5.73 Å². The van der Waals surface area contributed by atoms with Crippen LogP contribution >= 0.6 is 11.6 Å². The largest absolute Gasteiger partial charge is 0.424 e. The summed E-state index contributed by atoms with van der Waals surface area (Å²) in [5, 5.41) is 1.91. The average Bonchev–Trinajstić information content (AvgIpc) is 2.57. The van der Waals surface area contributed by atoms with Gasteiger partial charge in [0, 0.05) is 11.8 Å². The molecular formula is C17H13ClF4N2O3. The van der Waals surface area contributed by atoms with Crippen LogP contribution in [0.2, 0.25) is 5.02 Å². The number of esters is 1. The molecule has 0 saturated carbocycles. The lowest BCUT2D eigenvalue weighted by Crippen LogP contribution is -2.31. The second kappa shape index (κ2) is 7.93. The van der Waals surface area contributed by atoms with E-state index in [0.29, 0.717) is 0 Å². The number of nitrogens with one attached hydrogen (secondary N) is 1. The molecule has 2 aromatic rings. The zero-order valence-electron chi connectivity index (χ0n) is 13.7. The molecule has 0 aliphatic heterocycles. The van der Waals surface area contributed by atoms with Gasteiger partial charge < -0.3 is 15.8 Å². The van der Waals surface area contributed by atoms with Crippen molar-refractivity contribution < 1.29 is 31.9 Å². The van der Waals surface area contributed by atoms with Crippen molar-refractivity contribution in [3.05, 3.63) is 58.4 Å². The van der Waals surface area contributed by atoms with Crippen molar-refractivity contribution >= 4 is 29.2 Å². The molecule has 2 rings (SSSR count). The maximum atomic E-state index is 13.7. The summed E-state index contributed by atoms with van der Waals surface area (Å²) in [6.45, 7) is 1.33. The van der Waals surface area contributed by atoms with Crippen molar-refractivity contribution in [3.8, 4) is 5.75 Å². The van der Waals surface area contributed by atoms with Crippen LogP contribution in [0.3, 0.4) is 0 Å². The van der Waals surface area contributed by atoms with Crippen LogP contribution in [0.1, 0.15) is 22.8 Å². The Morgan fingerprint density at radius 2 is 1.78 bits per heavy atom. The second-order valence-corrected chi connectivity index (χ2v) is 5.91. The molecule has 0 aliphatic rings. The number of anilines is 1. The summed E-state index contributed by atoms with van der Waals surface area (Å²) < 4.78 is 56.3. The summed E-state index contributed by atoms with van der Waals surface area (Å²) >= 11 is 5.66. The lowest BCUT2D eigenvalue weighted by atomic mass is 10.1. The van der Waals surface area contributed by atoms with E-state index in [4.69, 9.17) is 22.1 Å². The number of alkyl halides is 3. The van der Waals surface area contributed by atoms with Crippen LogP contribution < -0.4 is 15.8 Å². The van der Waals surface area contributed by atoms with Gasteiger partial charge in [0.05, 0.1) is 16.1 Å². The Morgan fingerprint density at radius 3 is 2.30 bits per heavy atom. The zero-order valence-corrected chi connectivity index (χ0v) is 14.5. The highest BCUT2D eigenvalue weighted by molar-refractivity contribution is 6.31. The number of hydrogen-bond acceptors (Lipinski definition) is 4. The summed E-state index contributed by atoms with van der Waals surface area (Å²) in [6.07, 6.45) is -4.52. The van der Waals surface area contributed by atoms with Gasteiger partial charge in [0.15, 0.2) is 0 Å². The quantitative estimate of drug-likeness (QED) is 0.458.